The summed E-state index contributed by atoms with van der Waals surface area (Å²) < 4.78 is 19.9. The highest BCUT2D eigenvalue weighted by Crippen LogP contribution is 2.22. The standard InChI is InChI=1S/C21H30BrFN2O3S/c1-21(2,3)28-20(27)24(4)12-15-7-9-25(10-8-15)19(26)14-29-13-16-5-6-17(22)11-18(16)23/h5-6,11,15H,7-10,12-14H2,1-4H3. The van der Waals surface area contributed by atoms with Crippen LogP contribution in [0, 0.1) is 11.7 Å². The number of likely N-dealkylation sites (tertiary alicyclic amines) is 1. The van der Waals surface area contributed by atoms with Crippen molar-refractivity contribution in [1.82, 2.24) is 9.80 Å². The van der Waals surface area contributed by atoms with E-state index in [1.54, 1.807) is 24.1 Å². The molecule has 1 fully saturated rings. The first-order valence-electron chi connectivity index (χ1n) is 9.78. The van der Waals surface area contributed by atoms with Gasteiger partial charge in [-0.15, -0.1) is 11.8 Å². The number of carbonyl (C=O) groups is 2. The quantitative estimate of drug-likeness (QED) is 0.569. The first-order chi connectivity index (χ1) is 13.5. The zero-order valence-electron chi connectivity index (χ0n) is 17.5. The molecular formula is C21H30BrFN2O3S. The van der Waals surface area contributed by atoms with E-state index >= 15 is 0 Å². The van der Waals surface area contributed by atoms with Crippen molar-refractivity contribution in [3.05, 3.63) is 34.1 Å². The monoisotopic (exact) mass is 488 g/mol. The van der Waals surface area contributed by atoms with Crippen LogP contribution in [0.25, 0.3) is 0 Å². The maximum absolute atomic E-state index is 13.8. The van der Waals surface area contributed by atoms with Gasteiger partial charge in [-0.25, -0.2) is 9.18 Å². The minimum Gasteiger partial charge on any atom is -0.444 e. The smallest absolute Gasteiger partial charge is 0.410 e. The lowest BCUT2D eigenvalue weighted by Crippen LogP contribution is -2.43. The van der Waals surface area contributed by atoms with Crippen molar-refractivity contribution in [1.29, 1.82) is 0 Å². The van der Waals surface area contributed by atoms with Crippen LogP contribution < -0.4 is 0 Å². The van der Waals surface area contributed by atoms with E-state index in [0.29, 0.717) is 47.1 Å². The number of amides is 2. The molecule has 0 bridgehead atoms. The highest BCUT2D eigenvalue weighted by molar-refractivity contribution is 9.10. The first-order valence-corrected chi connectivity index (χ1v) is 11.7. The molecular weight excluding hydrogens is 459 g/mol. The van der Waals surface area contributed by atoms with Gasteiger partial charge in [-0.2, -0.15) is 0 Å². The Kier molecular flexibility index (Phi) is 8.82. The summed E-state index contributed by atoms with van der Waals surface area (Å²) in [6.07, 6.45) is 1.42. The lowest BCUT2D eigenvalue weighted by molar-refractivity contribution is -0.129. The largest absolute Gasteiger partial charge is 0.444 e. The fraction of sp³-hybridized carbons (Fsp3) is 0.619. The van der Waals surface area contributed by atoms with Crippen LogP contribution >= 0.6 is 27.7 Å². The Bertz CT molecular complexity index is 718. The van der Waals surface area contributed by atoms with E-state index in [0.717, 1.165) is 12.8 Å². The molecule has 0 aromatic heterocycles. The maximum Gasteiger partial charge on any atom is 0.410 e. The topological polar surface area (TPSA) is 49.9 Å². The number of piperidine rings is 1. The number of hydrogen-bond acceptors (Lipinski definition) is 4. The summed E-state index contributed by atoms with van der Waals surface area (Å²) in [6.45, 7) is 7.58. The fourth-order valence-electron chi connectivity index (χ4n) is 3.14. The van der Waals surface area contributed by atoms with Crippen molar-refractivity contribution in [2.24, 2.45) is 5.92 Å². The minimum absolute atomic E-state index is 0.0893. The molecule has 8 heteroatoms. The van der Waals surface area contributed by atoms with Crippen LogP contribution in [0.3, 0.4) is 0 Å². The van der Waals surface area contributed by atoms with Gasteiger partial charge in [0.15, 0.2) is 0 Å². The van der Waals surface area contributed by atoms with E-state index in [2.05, 4.69) is 15.9 Å². The summed E-state index contributed by atoms with van der Waals surface area (Å²) in [5, 5.41) is 0. The number of rotatable bonds is 6. The molecule has 1 saturated heterocycles. The summed E-state index contributed by atoms with van der Waals surface area (Å²) in [4.78, 5) is 28.0. The number of carbonyl (C=O) groups excluding carboxylic acids is 2. The highest BCUT2D eigenvalue weighted by atomic mass is 79.9. The molecule has 0 aliphatic carbocycles. The number of ether oxygens (including phenoxy) is 1. The molecule has 0 atom stereocenters. The molecule has 1 aliphatic rings. The average molecular weight is 489 g/mol. The zero-order valence-corrected chi connectivity index (χ0v) is 19.9. The van der Waals surface area contributed by atoms with Gasteiger partial charge in [0, 0.05) is 36.9 Å². The molecule has 1 aliphatic heterocycles. The zero-order chi connectivity index (χ0) is 21.6. The molecule has 0 N–H and O–H groups in total. The third-order valence-electron chi connectivity index (χ3n) is 4.70. The van der Waals surface area contributed by atoms with E-state index in [4.69, 9.17) is 4.74 Å². The molecule has 5 nitrogen and oxygen atoms in total. The number of benzene rings is 1. The van der Waals surface area contributed by atoms with Crippen molar-refractivity contribution in [3.63, 3.8) is 0 Å². The Balaban J connectivity index is 1.70. The van der Waals surface area contributed by atoms with Crippen LogP contribution in [0.4, 0.5) is 9.18 Å². The molecule has 0 unspecified atom stereocenters. The molecule has 2 rings (SSSR count). The number of nitrogens with zero attached hydrogens (tertiary/aromatic N) is 2. The van der Waals surface area contributed by atoms with Crippen molar-refractivity contribution < 1.29 is 18.7 Å². The predicted octanol–water partition coefficient (Wildman–Crippen LogP) is 4.93. The summed E-state index contributed by atoms with van der Waals surface area (Å²) in [5.74, 6) is 1.02. The van der Waals surface area contributed by atoms with Gasteiger partial charge >= 0.3 is 6.09 Å². The lowest BCUT2D eigenvalue weighted by Gasteiger charge is -2.34. The molecule has 162 valence electrons. The Morgan fingerprint density at radius 1 is 1.31 bits per heavy atom. The van der Waals surface area contributed by atoms with Crippen molar-refractivity contribution in [3.8, 4) is 0 Å². The second-order valence-corrected chi connectivity index (χ2v) is 10.3. The first kappa shape index (κ1) is 24.0. The number of halogens is 2. The number of thioether (sulfide) groups is 1. The van der Waals surface area contributed by atoms with Crippen molar-refractivity contribution in [2.45, 2.75) is 45.0 Å². The van der Waals surface area contributed by atoms with Gasteiger partial charge in [0.2, 0.25) is 5.91 Å². The van der Waals surface area contributed by atoms with E-state index in [1.165, 1.54) is 17.8 Å². The Hall–Kier alpha value is -1.28. The van der Waals surface area contributed by atoms with Crippen LogP contribution in [0.2, 0.25) is 0 Å². The second-order valence-electron chi connectivity index (χ2n) is 8.41. The van der Waals surface area contributed by atoms with Crippen molar-refractivity contribution in [2.75, 3.05) is 32.4 Å². The van der Waals surface area contributed by atoms with Crippen molar-refractivity contribution >= 4 is 39.7 Å². The van der Waals surface area contributed by atoms with Crippen LogP contribution in [0.15, 0.2) is 22.7 Å². The summed E-state index contributed by atoms with van der Waals surface area (Å²) in [6, 6.07) is 4.99. The third kappa shape index (κ3) is 8.16. The average Bonchev–Trinajstić information content (AvgIpc) is 2.62. The highest BCUT2D eigenvalue weighted by Gasteiger charge is 2.26. The van der Waals surface area contributed by atoms with Gasteiger partial charge in [-0.3, -0.25) is 4.79 Å². The molecule has 0 spiro atoms. The van der Waals surface area contributed by atoms with Crippen LogP contribution in [-0.2, 0) is 15.3 Å². The SMILES string of the molecule is CN(CC1CCN(C(=O)CSCc2ccc(Br)cc2F)CC1)C(=O)OC(C)(C)C. The third-order valence-corrected chi connectivity index (χ3v) is 6.16. The molecule has 1 heterocycles. The fourth-order valence-corrected chi connectivity index (χ4v) is 4.39. The minimum atomic E-state index is -0.502. The molecule has 29 heavy (non-hydrogen) atoms. The summed E-state index contributed by atoms with van der Waals surface area (Å²) in [5.41, 5.74) is 0.104. The normalized spacial score (nSPS) is 15.3. The Morgan fingerprint density at radius 2 is 1.97 bits per heavy atom. The van der Waals surface area contributed by atoms with E-state index in [-0.39, 0.29) is 17.8 Å². The lowest BCUT2D eigenvalue weighted by atomic mass is 9.96. The van der Waals surface area contributed by atoms with Crippen LogP contribution in [0.1, 0.15) is 39.2 Å². The van der Waals surface area contributed by atoms with Crippen LogP contribution in [0.5, 0.6) is 0 Å². The van der Waals surface area contributed by atoms with Gasteiger partial charge in [0.25, 0.3) is 0 Å². The Morgan fingerprint density at radius 3 is 2.55 bits per heavy atom. The number of hydrogen-bond donors (Lipinski definition) is 0. The Labute approximate surface area is 185 Å². The summed E-state index contributed by atoms with van der Waals surface area (Å²) in [7, 11) is 1.75. The van der Waals surface area contributed by atoms with E-state index < -0.39 is 5.60 Å². The van der Waals surface area contributed by atoms with Gasteiger partial charge in [-0.05, 0) is 57.2 Å². The molecule has 1 aromatic carbocycles. The molecule has 0 radical (unpaired) electrons. The molecule has 2 amide bonds. The molecule has 1 aromatic rings. The summed E-state index contributed by atoms with van der Waals surface area (Å²) >= 11 is 4.68. The van der Waals surface area contributed by atoms with Gasteiger partial charge < -0.3 is 14.5 Å². The van der Waals surface area contributed by atoms with Gasteiger partial charge in [0.1, 0.15) is 11.4 Å². The van der Waals surface area contributed by atoms with E-state index in [9.17, 15) is 14.0 Å². The van der Waals surface area contributed by atoms with Gasteiger partial charge in [-0.1, -0.05) is 22.0 Å². The van der Waals surface area contributed by atoms with E-state index in [1.807, 2.05) is 25.7 Å². The second kappa shape index (κ2) is 10.7. The predicted molar refractivity (Wildman–Crippen MR) is 118 cm³/mol. The van der Waals surface area contributed by atoms with Gasteiger partial charge in [0.05, 0.1) is 5.75 Å². The molecule has 0 saturated carbocycles. The van der Waals surface area contributed by atoms with Crippen LogP contribution in [-0.4, -0.2) is 59.8 Å². The maximum atomic E-state index is 13.8.